The molecule has 0 unspecified atom stereocenters. The predicted molar refractivity (Wildman–Crippen MR) is 139 cm³/mol. The first-order valence-corrected chi connectivity index (χ1v) is 11.8. The van der Waals surface area contributed by atoms with Gasteiger partial charge in [-0.05, 0) is 24.6 Å². The minimum atomic E-state index is -3.43. The number of methoxy groups -OCH3 is 2. The molecule has 0 heterocycles. The minimum Gasteiger partial charge on any atom is -0.497 e. The van der Waals surface area contributed by atoms with Gasteiger partial charge in [0.05, 0.1) is 26.5 Å². The van der Waals surface area contributed by atoms with Crippen LogP contribution in [0, 0.1) is 0 Å². The molecule has 0 aliphatic rings. The number of aliphatic imine (C=N–C) groups is 1. The Kier molecular flexibility index (Phi) is 12.4. The molecule has 2 aromatic carbocycles. The normalized spacial score (nSPS) is 11.4. The number of halogens is 1. The fourth-order valence-electron chi connectivity index (χ4n) is 2.92. The molecule has 32 heavy (non-hydrogen) atoms. The molecular weight excluding hydrogens is 543 g/mol. The molecule has 8 nitrogen and oxygen atoms in total. The monoisotopic (exact) mass is 576 g/mol. The Hall–Kier alpha value is -2.05. The van der Waals surface area contributed by atoms with Crippen molar-refractivity contribution in [1.82, 2.24) is 14.9 Å². The van der Waals surface area contributed by atoms with Gasteiger partial charge < -0.3 is 19.7 Å². The van der Waals surface area contributed by atoms with E-state index in [2.05, 4.69) is 15.0 Å². The molecule has 0 saturated carbocycles. The second-order valence-corrected chi connectivity index (χ2v) is 8.82. The number of benzene rings is 2. The van der Waals surface area contributed by atoms with E-state index >= 15 is 0 Å². The first kappa shape index (κ1) is 28.0. The van der Waals surface area contributed by atoms with Gasteiger partial charge in [0.15, 0.2) is 5.96 Å². The van der Waals surface area contributed by atoms with Gasteiger partial charge in [-0.25, -0.2) is 13.1 Å². The van der Waals surface area contributed by atoms with E-state index in [1.165, 1.54) is 0 Å². The zero-order valence-corrected chi connectivity index (χ0v) is 22.1. The fourth-order valence-corrected chi connectivity index (χ4v) is 3.78. The lowest BCUT2D eigenvalue weighted by molar-refractivity contribution is 0.382. The van der Waals surface area contributed by atoms with Crippen molar-refractivity contribution in [3.63, 3.8) is 0 Å². The molecule has 0 saturated heterocycles. The molecule has 2 rings (SSSR count). The first-order valence-electron chi connectivity index (χ1n) is 10.1. The maximum Gasteiger partial charge on any atom is 0.213 e. The van der Waals surface area contributed by atoms with Crippen LogP contribution in [0.15, 0.2) is 53.5 Å². The summed E-state index contributed by atoms with van der Waals surface area (Å²) in [4.78, 5) is 6.41. The van der Waals surface area contributed by atoms with Crippen molar-refractivity contribution in [2.24, 2.45) is 4.99 Å². The van der Waals surface area contributed by atoms with E-state index in [1.807, 2.05) is 67.4 Å². The lowest BCUT2D eigenvalue weighted by Crippen LogP contribution is -2.39. The molecule has 0 aliphatic carbocycles. The van der Waals surface area contributed by atoms with Gasteiger partial charge >= 0.3 is 0 Å². The molecule has 2 N–H and O–H groups in total. The zero-order chi connectivity index (χ0) is 22.7. The highest BCUT2D eigenvalue weighted by Gasteiger charge is 2.13. The number of nitrogens with zero attached hydrogens (tertiary/aromatic N) is 2. The Balaban J connectivity index is 0.00000512. The lowest BCUT2D eigenvalue weighted by Gasteiger charge is -2.23. The highest BCUT2D eigenvalue weighted by molar-refractivity contribution is 14.0. The molecule has 0 atom stereocenters. The van der Waals surface area contributed by atoms with Gasteiger partial charge in [-0.2, -0.15) is 0 Å². The molecule has 0 radical (unpaired) electrons. The van der Waals surface area contributed by atoms with Crippen molar-refractivity contribution in [2.45, 2.75) is 20.0 Å². The summed E-state index contributed by atoms with van der Waals surface area (Å²) in [5.41, 5.74) is 1.88. The summed E-state index contributed by atoms with van der Waals surface area (Å²) >= 11 is 0. The minimum absolute atomic E-state index is 0. The molecule has 0 aliphatic heterocycles. The summed E-state index contributed by atoms with van der Waals surface area (Å²) in [7, 11) is 1.69. The van der Waals surface area contributed by atoms with E-state index in [0.717, 1.165) is 22.6 Å². The molecule has 178 valence electrons. The van der Waals surface area contributed by atoms with Crippen molar-refractivity contribution in [3.05, 3.63) is 59.7 Å². The number of hydrogen-bond acceptors (Lipinski definition) is 5. The SMILES string of the molecule is CCNC(=NCCS(=O)(=O)NCc1ccccc1)N(C)Cc1ccc(OC)cc1OC.I. The lowest BCUT2D eigenvalue weighted by atomic mass is 10.2. The van der Waals surface area contributed by atoms with Crippen LogP contribution in [0.3, 0.4) is 0 Å². The second-order valence-electron chi connectivity index (χ2n) is 6.90. The van der Waals surface area contributed by atoms with Crippen LogP contribution < -0.4 is 19.5 Å². The predicted octanol–water partition coefficient (Wildman–Crippen LogP) is 2.84. The third-order valence-electron chi connectivity index (χ3n) is 4.56. The van der Waals surface area contributed by atoms with Crippen molar-refractivity contribution in [3.8, 4) is 11.5 Å². The highest BCUT2D eigenvalue weighted by Crippen LogP contribution is 2.25. The van der Waals surface area contributed by atoms with E-state index in [4.69, 9.17) is 9.47 Å². The van der Waals surface area contributed by atoms with Gasteiger partial charge in [0.25, 0.3) is 0 Å². The molecule has 0 spiro atoms. The standard InChI is InChI=1S/C22H32N4O4S.HI/c1-5-23-22(26(2)17-19-11-12-20(29-3)15-21(19)30-4)24-13-14-31(27,28)25-16-18-9-7-6-8-10-18;/h6-12,15,25H,5,13-14,16-17H2,1-4H3,(H,23,24);1H. The van der Waals surface area contributed by atoms with Gasteiger partial charge in [0.1, 0.15) is 11.5 Å². The average Bonchev–Trinajstić information content (AvgIpc) is 2.78. The largest absolute Gasteiger partial charge is 0.497 e. The molecule has 2 aromatic rings. The van der Waals surface area contributed by atoms with Gasteiger partial charge in [0.2, 0.25) is 10.0 Å². The second kappa shape index (κ2) is 14.2. The number of sulfonamides is 1. The van der Waals surface area contributed by atoms with Crippen LogP contribution in [-0.4, -0.2) is 59.4 Å². The van der Waals surface area contributed by atoms with Crippen molar-refractivity contribution >= 4 is 40.0 Å². The van der Waals surface area contributed by atoms with Crippen molar-refractivity contribution in [1.29, 1.82) is 0 Å². The molecule has 10 heteroatoms. The first-order chi connectivity index (χ1) is 14.9. The Morgan fingerprint density at radius 2 is 1.81 bits per heavy atom. The van der Waals surface area contributed by atoms with Crippen molar-refractivity contribution < 1.29 is 17.9 Å². The van der Waals surface area contributed by atoms with Crippen LogP contribution in [0.2, 0.25) is 0 Å². The van der Waals surface area contributed by atoms with Gasteiger partial charge in [-0.1, -0.05) is 30.3 Å². The smallest absolute Gasteiger partial charge is 0.213 e. The molecule has 0 aromatic heterocycles. The summed E-state index contributed by atoms with van der Waals surface area (Å²) in [5, 5.41) is 3.20. The van der Waals surface area contributed by atoms with E-state index in [9.17, 15) is 8.42 Å². The molecule has 0 amide bonds. The fraction of sp³-hybridized carbons (Fsp3) is 0.409. The zero-order valence-electron chi connectivity index (χ0n) is 19.0. The Morgan fingerprint density at radius 3 is 2.44 bits per heavy atom. The van der Waals surface area contributed by atoms with Crippen LogP contribution in [0.25, 0.3) is 0 Å². The highest BCUT2D eigenvalue weighted by atomic mass is 127. The molecule has 0 fully saturated rings. The van der Waals surface area contributed by atoms with Crippen molar-refractivity contribution in [2.75, 3.05) is 40.1 Å². The van der Waals surface area contributed by atoms with Crippen LogP contribution in [-0.2, 0) is 23.1 Å². The van der Waals surface area contributed by atoms with Gasteiger partial charge in [0, 0.05) is 38.3 Å². The van der Waals surface area contributed by atoms with E-state index in [-0.39, 0.29) is 42.8 Å². The van der Waals surface area contributed by atoms with Gasteiger partial charge in [-0.3, -0.25) is 4.99 Å². The maximum atomic E-state index is 12.3. The average molecular weight is 577 g/mol. The number of hydrogen-bond donors (Lipinski definition) is 2. The van der Waals surface area contributed by atoms with E-state index in [1.54, 1.807) is 14.2 Å². The van der Waals surface area contributed by atoms with Crippen LogP contribution in [0.5, 0.6) is 11.5 Å². The third kappa shape index (κ3) is 9.21. The number of rotatable bonds is 11. The van der Waals surface area contributed by atoms with Gasteiger partial charge in [-0.15, -0.1) is 24.0 Å². The topological polar surface area (TPSA) is 92.3 Å². The number of ether oxygens (including phenoxy) is 2. The summed E-state index contributed by atoms with van der Waals surface area (Å²) in [6, 6.07) is 15.1. The Labute approximate surface area is 208 Å². The third-order valence-corrected chi connectivity index (χ3v) is 5.86. The van der Waals surface area contributed by atoms with Crippen LogP contribution in [0.4, 0.5) is 0 Å². The quantitative estimate of drug-likeness (QED) is 0.243. The Bertz CT molecular complexity index is 956. The summed E-state index contributed by atoms with van der Waals surface area (Å²) < 4.78 is 37.9. The van der Waals surface area contributed by atoms with Crippen LogP contribution >= 0.6 is 24.0 Å². The number of guanidine groups is 1. The van der Waals surface area contributed by atoms with Crippen LogP contribution in [0.1, 0.15) is 18.1 Å². The molecular formula is C22H33IN4O4S. The summed E-state index contributed by atoms with van der Waals surface area (Å²) in [6.07, 6.45) is 0. The summed E-state index contributed by atoms with van der Waals surface area (Å²) in [6.45, 7) is 3.59. The number of nitrogens with one attached hydrogen (secondary N) is 2. The Morgan fingerprint density at radius 1 is 1.09 bits per heavy atom. The maximum absolute atomic E-state index is 12.3. The summed E-state index contributed by atoms with van der Waals surface area (Å²) in [5.74, 6) is 1.97. The van der Waals surface area contributed by atoms with E-state index in [0.29, 0.717) is 19.0 Å². The molecule has 0 bridgehead atoms. The van der Waals surface area contributed by atoms with E-state index < -0.39 is 10.0 Å².